The number of para-hydroxylation sites is 2. The Morgan fingerprint density at radius 3 is 1.83 bits per heavy atom. The molecular formula is C43H51N5O5. The maximum atomic E-state index is 13.5. The van der Waals surface area contributed by atoms with E-state index in [9.17, 15) is 14.4 Å². The van der Waals surface area contributed by atoms with Crippen molar-refractivity contribution in [3.8, 4) is 0 Å². The van der Waals surface area contributed by atoms with Crippen LogP contribution >= 0.6 is 0 Å². The van der Waals surface area contributed by atoms with Crippen LogP contribution in [0.5, 0.6) is 0 Å². The second kappa shape index (κ2) is 16.4. The molecule has 0 bridgehead atoms. The minimum absolute atomic E-state index is 0.138. The van der Waals surface area contributed by atoms with Crippen molar-refractivity contribution in [1.29, 1.82) is 0 Å². The number of aryl methyl sites for hydroxylation is 2. The molecule has 3 amide bonds. The lowest BCUT2D eigenvalue weighted by Gasteiger charge is -2.22. The minimum atomic E-state index is -0.738. The number of hydrogen-bond acceptors (Lipinski definition) is 5. The highest BCUT2D eigenvalue weighted by atomic mass is 16.6. The summed E-state index contributed by atoms with van der Waals surface area (Å²) >= 11 is 0. The molecule has 1 heterocycles. The molecule has 4 aromatic carbocycles. The van der Waals surface area contributed by atoms with Crippen LogP contribution in [-0.2, 0) is 33.7 Å². The minimum Gasteiger partial charge on any atom is -0.444 e. The number of ether oxygens (including phenoxy) is 2. The van der Waals surface area contributed by atoms with E-state index in [4.69, 9.17) is 9.47 Å². The van der Waals surface area contributed by atoms with Gasteiger partial charge in [0.15, 0.2) is 0 Å². The van der Waals surface area contributed by atoms with Crippen LogP contribution in [0.25, 0.3) is 11.0 Å². The summed E-state index contributed by atoms with van der Waals surface area (Å²) in [5, 5.41) is 5.89. The summed E-state index contributed by atoms with van der Waals surface area (Å²) in [5.41, 5.74) is 6.65. The molecule has 0 aliphatic rings. The number of anilines is 1. The predicted octanol–water partition coefficient (Wildman–Crippen LogP) is 8.43. The number of rotatable bonds is 10. The van der Waals surface area contributed by atoms with Gasteiger partial charge in [0, 0.05) is 12.2 Å². The number of aromatic nitrogens is 2. The van der Waals surface area contributed by atoms with Gasteiger partial charge in [-0.15, -0.1) is 4.99 Å². The van der Waals surface area contributed by atoms with Gasteiger partial charge in [0.25, 0.3) is 0 Å². The van der Waals surface area contributed by atoms with Crippen LogP contribution < -0.4 is 16.3 Å². The molecule has 5 aromatic rings. The first-order valence-corrected chi connectivity index (χ1v) is 18.0. The molecular weight excluding hydrogens is 667 g/mol. The Morgan fingerprint density at radius 2 is 1.25 bits per heavy atom. The van der Waals surface area contributed by atoms with E-state index >= 15 is 0 Å². The number of imidazole rings is 1. The molecule has 0 saturated carbocycles. The van der Waals surface area contributed by atoms with E-state index in [0.717, 1.165) is 38.9 Å². The predicted molar refractivity (Wildman–Crippen MR) is 209 cm³/mol. The average Bonchev–Trinajstić information content (AvgIpc) is 3.36. The number of benzene rings is 4. The lowest BCUT2D eigenvalue weighted by atomic mass is 10.0. The highest BCUT2D eigenvalue weighted by Crippen LogP contribution is 2.23. The number of carbonyl (C=O) groups is 3. The average molecular weight is 718 g/mol. The maximum Gasteiger partial charge on any atom is 0.437 e. The topological polar surface area (TPSA) is 116 Å². The monoisotopic (exact) mass is 717 g/mol. The molecule has 2 N–H and O–H groups in total. The maximum absolute atomic E-state index is 13.5. The van der Waals surface area contributed by atoms with Crippen molar-refractivity contribution in [2.24, 2.45) is 4.99 Å². The van der Waals surface area contributed by atoms with Gasteiger partial charge in [-0.2, -0.15) is 0 Å². The highest BCUT2D eigenvalue weighted by Gasteiger charge is 2.24. The summed E-state index contributed by atoms with van der Waals surface area (Å²) in [6.45, 7) is 15.7. The molecule has 0 spiro atoms. The summed E-state index contributed by atoms with van der Waals surface area (Å²) in [5.74, 6) is -0.165. The lowest BCUT2D eigenvalue weighted by Crippen LogP contribution is -2.38. The number of amides is 3. The van der Waals surface area contributed by atoms with Crippen molar-refractivity contribution in [3.05, 3.63) is 130 Å². The van der Waals surface area contributed by atoms with Gasteiger partial charge in [-0.25, -0.2) is 9.59 Å². The molecule has 10 nitrogen and oxygen atoms in total. The Morgan fingerprint density at radius 1 is 0.698 bits per heavy atom. The van der Waals surface area contributed by atoms with Crippen LogP contribution in [0.3, 0.4) is 0 Å². The molecule has 53 heavy (non-hydrogen) atoms. The first kappa shape index (κ1) is 38.6. The Labute approximate surface area is 311 Å². The summed E-state index contributed by atoms with van der Waals surface area (Å²) in [4.78, 5) is 43.8. The van der Waals surface area contributed by atoms with Gasteiger partial charge in [0.05, 0.1) is 30.0 Å². The molecule has 0 saturated heterocycles. The second-order valence-corrected chi connectivity index (χ2v) is 15.5. The van der Waals surface area contributed by atoms with Crippen LogP contribution in [-0.4, -0.2) is 45.0 Å². The van der Waals surface area contributed by atoms with E-state index in [2.05, 4.69) is 75.6 Å². The van der Waals surface area contributed by atoms with Gasteiger partial charge in [-0.1, -0.05) is 83.9 Å². The Kier molecular flexibility index (Phi) is 11.9. The molecule has 0 fully saturated rings. The summed E-state index contributed by atoms with van der Waals surface area (Å²) in [6.07, 6.45) is -0.537. The zero-order chi connectivity index (χ0) is 38.3. The van der Waals surface area contributed by atoms with E-state index in [1.54, 1.807) is 45.0 Å². The summed E-state index contributed by atoms with van der Waals surface area (Å²) in [6, 6.07) is 31.4. The number of fused-ring (bicyclic) bond motifs is 1. The molecule has 0 aliphatic carbocycles. The van der Waals surface area contributed by atoms with E-state index < -0.39 is 23.4 Å². The Hall–Kier alpha value is -5.64. The van der Waals surface area contributed by atoms with Crippen LogP contribution in [0, 0.1) is 13.8 Å². The van der Waals surface area contributed by atoms with Gasteiger partial charge >= 0.3 is 12.2 Å². The molecule has 1 unspecified atom stereocenters. The summed E-state index contributed by atoms with van der Waals surface area (Å²) < 4.78 is 15.1. The number of hydrogen-bond donors (Lipinski definition) is 2. The van der Waals surface area contributed by atoms with Gasteiger partial charge in [-0.3, -0.25) is 10.1 Å². The Bertz CT molecular complexity index is 2110. The molecule has 1 aromatic heterocycles. The van der Waals surface area contributed by atoms with Crippen molar-refractivity contribution in [2.45, 2.75) is 92.0 Å². The molecule has 10 heteroatoms. The van der Waals surface area contributed by atoms with Crippen molar-refractivity contribution in [2.75, 3.05) is 11.9 Å². The number of carbonyl (C=O) groups excluding carboxylic acids is 3. The SMILES string of the molecule is Cc1ccc(CC(CNC(=O)Cc2ccc(NC(=O)OC(C)(C)C)cc2)n2c(=NC(=O)OC(C)(C)C)n(Cc3ccc(C)cc3)c3ccccc32)cc1. The van der Waals surface area contributed by atoms with Crippen molar-refractivity contribution >= 4 is 34.8 Å². The quantitative estimate of drug-likeness (QED) is 0.151. The molecule has 278 valence electrons. The fourth-order valence-electron chi connectivity index (χ4n) is 5.97. The van der Waals surface area contributed by atoms with Crippen molar-refractivity contribution in [1.82, 2.24) is 14.5 Å². The Balaban J connectivity index is 1.50. The zero-order valence-corrected chi connectivity index (χ0v) is 32.0. The fourth-order valence-corrected chi connectivity index (χ4v) is 5.97. The zero-order valence-electron chi connectivity index (χ0n) is 32.0. The first-order chi connectivity index (χ1) is 25.0. The third-order valence-corrected chi connectivity index (χ3v) is 8.39. The third-order valence-electron chi connectivity index (χ3n) is 8.39. The molecule has 0 aliphatic heterocycles. The van der Waals surface area contributed by atoms with E-state index in [-0.39, 0.29) is 24.9 Å². The van der Waals surface area contributed by atoms with Crippen molar-refractivity contribution < 1.29 is 23.9 Å². The van der Waals surface area contributed by atoms with E-state index in [0.29, 0.717) is 24.3 Å². The van der Waals surface area contributed by atoms with Gasteiger partial charge in [0.2, 0.25) is 11.5 Å². The summed E-state index contributed by atoms with van der Waals surface area (Å²) in [7, 11) is 0. The van der Waals surface area contributed by atoms with Crippen LogP contribution in [0.2, 0.25) is 0 Å². The van der Waals surface area contributed by atoms with E-state index in [1.807, 2.05) is 56.5 Å². The second-order valence-electron chi connectivity index (χ2n) is 15.5. The molecule has 1 atom stereocenters. The number of nitrogens with zero attached hydrogens (tertiary/aromatic N) is 3. The lowest BCUT2D eigenvalue weighted by molar-refractivity contribution is -0.120. The van der Waals surface area contributed by atoms with Crippen LogP contribution in [0.1, 0.15) is 75.4 Å². The molecule has 5 rings (SSSR count). The van der Waals surface area contributed by atoms with Gasteiger partial charge in [0.1, 0.15) is 11.2 Å². The largest absolute Gasteiger partial charge is 0.444 e. The van der Waals surface area contributed by atoms with Gasteiger partial charge < -0.3 is 23.9 Å². The van der Waals surface area contributed by atoms with Crippen LogP contribution in [0.4, 0.5) is 15.3 Å². The first-order valence-electron chi connectivity index (χ1n) is 18.0. The highest BCUT2D eigenvalue weighted by molar-refractivity contribution is 5.85. The third kappa shape index (κ3) is 11.2. The van der Waals surface area contributed by atoms with E-state index in [1.165, 1.54) is 0 Å². The smallest absolute Gasteiger partial charge is 0.437 e. The van der Waals surface area contributed by atoms with Gasteiger partial charge in [-0.05, 0) is 103 Å². The standard InChI is InChI=1S/C43H51N5O5/c1-29-13-17-31(18-14-29)25-35(27-44-38(49)26-32-21-23-34(24-22-32)45-40(50)52-42(3,4)5)48-37-12-10-9-11-36(37)47(28-33-19-15-30(2)16-20-33)39(48)46-41(51)53-43(6,7)8/h9-24,35H,25-28H2,1-8H3,(H,44,49)(H,45,50). The van der Waals surface area contributed by atoms with Crippen LogP contribution in [0.15, 0.2) is 102 Å². The molecule has 0 radical (unpaired) electrons. The van der Waals surface area contributed by atoms with Crippen molar-refractivity contribution in [3.63, 3.8) is 0 Å². The number of nitrogens with one attached hydrogen (secondary N) is 2. The normalized spacial score (nSPS) is 12.7. The fraction of sp³-hybridized carbons (Fsp3) is 0.349.